The normalized spacial score (nSPS) is 14.5. The SMILES string of the molecule is CCc1cccc(C)c1NC(=O)c1ccn2c1CCc1cnc(Nc3ccc(N4CCNCC4)cc3C)nc1-2. The van der Waals surface area contributed by atoms with E-state index in [1.807, 2.05) is 42.1 Å². The van der Waals surface area contributed by atoms with Gasteiger partial charge in [0.25, 0.3) is 5.91 Å². The summed E-state index contributed by atoms with van der Waals surface area (Å²) in [6, 6.07) is 14.5. The average Bonchev–Trinajstić information content (AvgIpc) is 3.40. The van der Waals surface area contributed by atoms with Crippen molar-refractivity contribution < 1.29 is 4.79 Å². The van der Waals surface area contributed by atoms with E-state index in [4.69, 9.17) is 4.98 Å². The second kappa shape index (κ2) is 10.5. The van der Waals surface area contributed by atoms with Crippen LogP contribution >= 0.6 is 0 Å². The van der Waals surface area contributed by atoms with Crippen molar-refractivity contribution in [1.29, 1.82) is 0 Å². The number of hydrogen-bond acceptors (Lipinski definition) is 6. The van der Waals surface area contributed by atoms with Crippen LogP contribution < -0.4 is 20.9 Å². The van der Waals surface area contributed by atoms with Gasteiger partial charge in [0.1, 0.15) is 5.82 Å². The number of fused-ring (bicyclic) bond motifs is 3. The first kappa shape index (κ1) is 25.1. The van der Waals surface area contributed by atoms with Gasteiger partial charge < -0.3 is 25.4 Å². The van der Waals surface area contributed by atoms with Gasteiger partial charge in [-0.1, -0.05) is 25.1 Å². The number of aromatic nitrogens is 3. The lowest BCUT2D eigenvalue weighted by molar-refractivity contribution is 0.102. The van der Waals surface area contributed by atoms with Crippen molar-refractivity contribution in [2.24, 2.45) is 0 Å². The number of hydrogen-bond donors (Lipinski definition) is 3. The van der Waals surface area contributed by atoms with Gasteiger partial charge in [0, 0.05) is 66.9 Å². The Morgan fingerprint density at radius 1 is 1.05 bits per heavy atom. The van der Waals surface area contributed by atoms with Crippen LogP contribution in [0.25, 0.3) is 5.82 Å². The van der Waals surface area contributed by atoms with Gasteiger partial charge >= 0.3 is 0 Å². The second-order valence-corrected chi connectivity index (χ2v) is 10.4. The quantitative estimate of drug-likeness (QED) is 0.333. The van der Waals surface area contributed by atoms with Crippen molar-refractivity contribution in [3.63, 3.8) is 0 Å². The zero-order valence-corrected chi connectivity index (χ0v) is 22.8. The fourth-order valence-corrected chi connectivity index (χ4v) is 5.63. The van der Waals surface area contributed by atoms with E-state index in [9.17, 15) is 4.79 Å². The number of amides is 1. The third kappa shape index (κ3) is 4.88. The number of anilines is 4. The van der Waals surface area contributed by atoms with Crippen molar-refractivity contribution in [1.82, 2.24) is 19.9 Å². The predicted octanol–water partition coefficient (Wildman–Crippen LogP) is 4.95. The fourth-order valence-electron chi connectivity index (χ4n) is 5.63. The molecule has 0 unspecified atom stereocenters. The molecule has 0 bridgehead atoms. The standard InChI is InChI=1S/C31H35N7O/c1-4-22-7-5-6-20(2)28(22)35-30(39)25-12-15-38-27(25)11-8-23-19-33-31(36-29(23)38)34-26-10-9-24(18-21(26)3)37-16-13-32-14-17-37/h5-7,9-10,12,15,18-19,32H,4,8,11,13-14,16-17H2,1-3H3,(H,35,39)(H,33,34,36). The van der Waals surface area contributed by atoms with Gasteiger partial charge in [0.2, 0.25) is 5.95 Å². The predicted molar refractivity (Wildman–Crippen MR) is 157 cm³/mol. The van der Waals surface area contributed by atoms with E-state index in [1.54, 1.807) is 0 Å². The van der Waals surface area contributed by atoms with Gasteiger partial charge in [0.15, 0.2) is 0 Å². The third-order valence-corrected chi connectivity index (χ3v) is 7.85. The Kier molecular flexibility index (Phi) is 6.79. The van der Waals surface area contributed by atoms with Crippen molar-refractivity contribution in [3.8, 4) is 5.82 Å². The molecule has 6 rings (SSSR count). The first-order chi connectivity index (χ1) is 19.0. The number of carbonyl (C=O) groups excluding carboxylic acids is 1. The van der Waals surface area contributed by atoms with Crippen LogP contribution in [0.15, 0.2) is 54.9 Å². The molecule has 3 N–H and O–H groups in total. The lowest BCUT2D eigenvalue weighted by atomic mass is 10.0. The van der Waals surface area contributed by atoms with E-state index in [1.165, 1.54) is 5.69 Å². The summed E-state index contributed by atoms with van der Waals surface area (Å²) in [5.74, 6) is 1.30. The molecule has 0 saturated carbocycles. The summed E-state index contributed by atoms with van der Waals surface area (Å²) in [7, 11) is 0. The topological polar surface area (TPSA) is 87.1 Å². The zero-order chi connectivity index (χ0) is 26.9. The molecule has 0 atom stereocenters. The van der Waals surface area contributed by atoms with E-state index in [-0.39, 0.29) is 5.91 Å². The Hall–Kier alpha value is -4.17. The van der Waals surface area contributed by atoms with Gasteiger partial charge in [-0.15, -0.1) is 0 Å². The molecule has 1 fully saturated rings. The highest BCUT2D eigenvalue weighted by Gasteiger charge is 2.24. The highest BCUT2D eigenvalue weighted by atomic mass is 16.1. The Balaban J connectivity index is 1.24. The molecule has 1 saturated heterocycles. The molecule has 200 valence electrons. The number of nitrogens with zero attached hydrogens (tertiary/aromatic N) is 4. The molecule has 2 aliphatic heterocycles. The van der Waals surface area contributed by atoms with Crippen LogP contribution in [-0.4, -0.2) is 46.6 Å². The third-order valence-electron chi connectivity index (χ3n) is 7.85. The molecular formula is C31H35N7O. The number of carbonyl (C=O) groups is 1. The Bertz CT molecular complexity index is 1530. The number of rotatable bonds is 6. The number of para-hydroxylation sites is 1. The first-order valence-corrected chi connectivity index (χ1v) is 13.8. The van der Waals surface area contributed by atoms with E-state index in [0.29, 0.717) is 11.5 Å². The minimum Gasteiger partial charge on any atom is -0.369 e. The van der Waals surface area contributed by atoms with Gasteiger partial charge in [-0.05, 0) is 74.1 Å². The van der Waals surface area contributed by atoms with Gasteiger partial charge in [-0.2, -0.15) is 4.98 Å². The molecule has 39 heavy (non-hydrogen) atoms. The molecular weight excluding hydrogens is 486 g/mol. The average molecular weight is 522 g/mol. The maximum atomic E-state index is 13.4. The maximum Gasteiger partial charge on any atom is 0.257 e. The summed E-state index contributed by atoms with van der Waals surface area (Å²) in [6.07, 6.45) is 6.27. The van der Waals surface area contributed by atoms with Crippen molar-refractivity contribution in [3.05, 3.63) is 88.4 Å². The van der Waals surface area contributed by atoms with Crippen molar-refractivity contribution in [2.75, 3.05) is 41.7 Å². The molecule has 0 spiro atoms. The fraction of sp³-hybridized carbons (Fsp3) is 0.323. The summed E-state index contributed by atoms with van der Waals surface area (Å²) in [4.78, 5) is 25.3. The van der Waals surface area contributed by atoms with Crippen LogP contribution in [0.4, 0.5) is 23.0 Å². The van der Waals surface area contributed by atoms with E-state index < -0.39 is 0 Å². The number of aryl methyl sites for hydroxylation is 4. The molecule has 1 amide bonds. The molecule has 8 nitrogen and oxygen atoms in total. The van der Waals surface area contributed by atoms with E-state index >= 15 is 0 Å². The largest absolute Gasteiger partial charge is 0.369 e. The first-order valence-electron chi connectivity index (χ1n) is 13.8. The van der Waals surface area contributed by atoms with Crippen LogP contribution in [0.5, 0.6) is 0 Å². The van der Waals surface area contributed by atoms with Crippen LogP contribution in [0.1, 0.15) is 45.2 Å². The van der Waals surface area contributed by atoms with E-state index in [0.717, 1.165) is 90.6 Å². The summed E-state index contributed by atoms with van der Waals surface area (Å²) in [5.41, 5.74) is 9.25. The second-order valence-electron chi connectivity index (χ2n) is 10.4. The molecule has 0 radical (unpaired) electrons. The summed E-state index contributed by atoms with van der Waals surface area (Å²) in [6.45, 7) is 10.3. The molecule has 4 aromatic rings. The highest BCUT2D eigenvalue weighted by Crippen LogP contribution is 2.30. The van der Waals surface area contributed by atoms with Gasteiger partial charge in [-0.25, -0.2) is 4.98 Å². The lowest BCUT2D eigenvalue weighted by Gasteiger charge is -2.30. The lowest BCUT2D eigenvalue weighted by Crippen LogP contribution is -2.43. The molecule has 2 aromatic heterocycles. The number of benzene rings is 2. The summed E-state index contributed by atoms with van der Waals surface area (Å²) >= 11 is 0. The minimum atomic E-state index is -0.0798. The Morgan fingerprint density at radius 2 is 1.90 bits per heavy atom. The number of piperazine rings is 1. The summed E-state index contributed by atoms with van der Waals surface area (Å²) in [5, 5.41) is 10.0. The van der Waals surface area contributed by atoms with E-state index in [2.05, 4.69) is 63.9 Å². The van der Waals surface area contributed by atoms with Crippen molar-refractivity contribution >= 4 is 28.9 Å². The van der Waals surface area contributed by atoms with Crippen LogP contribution in [0, 0.1) is 13.8 Å². The Labute approximate surface area is 229 Å². The minimum absolute atomic E-state index is 0.0798. The number of nitrogens with one attached hydrogen (secondary N) is 3. The van der Waals surface area contributed by atoms with Crippen LogP contribution in [0.3, 0.4) is 0 Å². The smallest absolute Gasteiger partial charge is 0.257 e. The molecule has 2 aromatic carbocycles. The molecule has 2 aliphatic rings. The zero-order valence-electron chi connectivity index (χ0n) is 22.8. The molecule has 8 heteroatoms. The Morgan fingerprint density at radius 3 is 2.69 bits per heavy atom. The van der Waals surface area contributed by atoms with Crippen LogP contribution in [-0.2, 0) is 19.3 Å². The van der Waals surface area contributed by atoms with Crippen molar-refractivity contribution in [2.45, 2.75) is 40.0 Å². The van der Waals surface area contributed by atoms with Gasteiger partial charge in [0.05, 0.1) is 5.56 Å². The monoisotopic (exact) mass is 521 g/mol. The molecule has 0 aliphatic carbocycles. The summed E-state index contributed by atoms with van der Waals surface area (Å²) < 4.78 is 2.04. The highest BCUT2D eigenvalue weighted by molar-refractivity contribution is 6.06. The molecule has 4 heterocycles. The van der Waals surface area contributed by atoms with Gasteiger partial charge in [-0.3, -0.25) is 4.79 Å². The maximum absolute atomic E-state index is 13.4. The van der Waals surface area contributed by atoms with Crippen LogP contribution in [0.2, 0.25) is 0 Å².